The molecule has 84 valence electrons. The van der Waals surface area contributed by atoms with E-state index in [2.05, 4.69) is 9.97 Å². The minimum atomic E-state index is -0.428. The van der Waals surface area contributed by atoms with Gasteiger partial charge in [-0.2, -0.15) is 0 Å². The zero-order chi connectivity index (χ0) is 11.3. The van der Waals surface area contributed by atoms with Crippen LogP contribution in [0.25, 0.3) is 0 Å². The largest absolute Gasteiger partial charge is 0.396 e. The Morgan fingerprint density at radius 2 is 1.87 bits per heavy atom. The molecule has 0 fully saturated rings. The summed E-state index contributed by atoms with van der Waals surface area (Å²) in [6, 6.07) is 0. The van der Waals surface area contributed by atoms with Crippen LogP contribution in [0, 0.1) is 0 Å². The van der Waals surface area contributed by atoms with Crippen LogP contribution in [0.3, 0.4) is 0 Å². The van der Waals surface area contributed by atoms with E-state index in [1.165, 1.54) is 6.20 Å². The molecule has 6 heteroatoms. The summed E-state index contributed by atoms with van der Waals surface area (Å²) in [7, 11) is 0. The third-order valence-electron chi connectivity index (χ3n) is 2.16. The van der Waals surface area contributed by atoms with Crippen molar-refractivity contribution < 1.29 is 10.2 Å². The van der Waals surface area contributed by atoms with Gasteiger partial charge >= 0.3 is 0 Å². The van der Waals surface area contributed by atoms with Gasteiger partial charge < -0.3 is 21.7 Å². The Hall–Kier alpha value is -1.08. The third kappa shape index (κ3) is 2.69. The summed E-state index contributed by atoms with van der Waals surface area (Å²) in [5.74, 6) is -0.428. The number of hydrogen-bond acceptors (Lipinski definition) is 6. The Labute approximate surface area is 88.0 Å². The maximum Gasteiger partial charge on any atom is 0.0763 e. The number of aliphatic hydroxyl groups is 2. The molecule has 0 bridgehead atoms. The van der Waals surface area contributed by atoms with E-state index >= 15 is 0 Å². The molecule has 6 N–H and O–H groups in total. The van der Waals surface area contributed by atoms with Gasteiger partial charge in [-0.3, -0.25) is 9.97 Å². The van der Waals surface area contributed by atoms with E-state index in [9.17, 15) is 0 Å². The van der Waals surface area contributed by atoms with Gasteiger partial charge in [0.15, 0.2) is 0 Å². The molecule has 1 rings (SSSR count). The van der Waals surface area contributed by atoms with Crippen molar-refractivity contribution in [1.29, 1.82) is 0 Å². The van der Waals surface area contributed by atoms with E-state index in [4.69, 9.17) is 21.7 Å². The smallest absolute Gasteiger partial charge is 0.0763 e. The molecular weight excluding hydrogens is 196 g/mol. The van der Waals surface area contributed by atoms with E-state index < -0.39 is 5.92 Å². The number of hydrogen-bond donors (Lipinski definition) is 4. The van der Waals surface area contributed by atoms with E-state index in [1.807, 2.05) is 0 Å². The molecule has 15 heavy (non-hydrogen) atoms. The second kappa shape index (κ2) is 5.72. The second-order valence-corrected chi connectivity index (χ2v) is 3.16. The van der Waals surface area contributed by atoms with Crippen molar-refractivity contribution in [2.24, 2.45) is 11.5 Å². The lowest BCUT2D eigenvalue weighted by Gasteiger charge is -2.14. The Bertz CT molecular complexity index is 315. The summed E-state index contributed by atoms with van der Waals surface area (Å²) >= 11 is 0. The van der Waals surface area contributed by atoms with E-state index in [0.29, 0.717) is 23.6 Å². The summed E-state index contributed by atoms with van der Waals surface area (Å²) < 4.78 is 0. The molecule has 0 aliphatic rings. The van der Waals surface area contributed by atoms with Crippen molar-refractivity contribution in [2.45, 2.75) is 19.0 Å². The predicted octanol–water partition coefficient (Wildman–Crippen LogP) is -1.54. The number of aromatic nitrogens is 2. The van der Waals surface area contributed by atoms with Gasteiger partial charge in [0.1, 0.15) is 0 Å². The fourth-order valence-electron chi connectivity index (χ4n) is 1.30. The van der Waals surface area contributed by atoms with Gasteiger partial charge in [0.05, 0.1) is 36.5 Å². The molecule has 0 radical (unpaired) electrons. The summed E-state index contributed by atoms with van der Waals surface area (Å²) in [5.41, 5.74) is 12.7. The molecular formula is C9H16N4O2. The summed E-state index contributed by atoms with van der Waals surface area (Å²) in [4.78, 5) is 8.31. The highest BCUT2D eigenvalue weighted by Gasteiger charge is 2.16. The second-order valence-electron chi connectivity index (χ2n) is 3.16. The standard InChI is InChI=1S/C9H16N4O2/c10-1-7-3-12-9(6(4-14)5-15)8(2-11)13-7/h3,6,14-15H,1-2,4-5,10-11H2. The van der Waals surface area contributed by atoms with Crippen molar-refractivity contribution in [1.82, 2.24) is 9.97 Å². The zero-order valence-corrected chi connectivity index (χ0v) is 8.43. The first-order chi connectivity index (χ1) is 7.26. The summed E-state index contributed by atoms with van der Waals surface area (Å²) in [5, 5.41) is 18.1. The molecule has 0 saturated heterocycles. The Balaban J connectivity index is 3.06. The molecule has 0 atom stereocenters. The van der Waals surface area contributed by atoms with Crippen molar-refractivity contribution in [2.75, 3.05) is 13.2 Å². The first-order valence-corrected chi connectivity index (χ1v) is 4.73. The Morgan fingerprint density at radius 3 is 2.33 bits per heavy atom. The van der Waals surface area contributed by atoms with Crippen LogP contribution in [0.1, 0.15) is 23.0 Å². The fraction of sp³-hybridized carbons (Fsp3) is 0.556. The Morgan fingerprint density at radius 1 is 1.20 bits per heavy atom. The van der Waals surface area contributed by atoms with Crippen molar-refractivity contribution in [3.05, 3.63) is 23.3 Å². The van der Waals surface area contributed by atoms with Crippen LogP contribution in [0.15, 0.2) is 6.20 Å². The fourth-order valence-corrected chi connectivity index (χ4v) is 1.30. The van der Waals surface area contributed by atoms with E-state index in [1.54, 1.807) is 0 Å². The SMILES string of the molecule is NCc1cnc(C(CO)CO)c(CN)n1. The molecule has 0 aliphatic carbocycles. The highest BCUT2D eigenvalue weighted by Crippen LogP contribution is 2.15. The lowest BCUT2D eigenvalue weighted by Crippen LogP contribution is -2.18. The van der Waals surface area contributed by atoms with Gasteiger partial charge in [-0.15, -0.1) is 0 Å². The molecule has 0 amide bonds. The van der Waals surface area contributed by atoms with Gasteiger partial charge in [-0.05, 0) is 0 Å². The normalized spacial score (nSPS) is 11.0. The lowest BCUT2D eigenvalue weighted by atomic mass is 10.1. The van der Waals surface area contributed by atoms with Crippen LogP contribution in [0.5, 0.6) is 0 Å². The molecule has 0 saturated carbocycles. The maximum absolute atomic E-state index is 9.03. The van der Waals surface area contributed by atoms with Crippen molar-refractivity contribution >= 4 is 0 Å². The average molecular weight is 212 g/mol. The quantitative estimate of drug-likeness (QED) is 0.470. The molecule has 1 heterocycles. The third-order valence-corrected chi connectivity index (χ3v) is 2.16. The first kappa shape index (κ1) is 12.0. The van der Waals surface area contributed by atoms with Gasteiger partial charge in [0.2, 0.25) is 0 Å². The highest BCUT2D eigenvalue weighted by atomic mass is 16.3. The molecule has 0 spiro atoms. The van der Waals surface area contributed by atoms with Crippen LogP contribution < -0.4 is 11.5 Å². The van der Waals surface area contributed by atoms with Crippen LogP contribution >= 0.6 is 0 Å². The van der Waals surface area contributed by atoms with Gasteiger partial charge in [0, 0.05) is 19.0 Å². The molecule has 1 aromatic rings. The maximum atomic E-state index is 9.03. The van der Waals surface area contributed by atoms with Crippen LogP contribution in [-0.4, -0.2) is 33.4 Å². The van der Waals surface area contributed by atoms with E-state index in [-0.39, 0.29) is 19.8 Å². The molecule has 0 aromatic carbocycles. The Kier molecular flexibility index (Phi) is 4.57. The number of nitrogens with zero attached hydrogens (tertiary/aromatic N) is 2. The monoisotopic (exact) mass is 212 g/mol. The summed E-state index contributed by atoms with van der Waals surface area (Å²) in [6.45, 7) is 0.149. The van der Waals surface area contributed by atoms with Crippen molar-refractivity contribution in [3.8, 4) is 0 Å². The van der Waals surface area contributed by atoms with E-state index in [0.717, 1.165) is 0 Å². The van der Waals surface area contributed by atoms with Crippen LogP contribution in [0.4, 0.5) is 0 Å². The van der Waals surface area contributed by atoms with Gasteiger partial charge in [0.25, 0.3) is 0 Å². The van der Waals surface area contributed by atoms with Crippen LogP contribution in [-0.2, 0) is 13.1 Å². The zero-order valence-electron chi connectivity index (χ0n) is 8.43. The molecule has 1 aromatic heterocycles. The topological polar surface area (TPSA) is 118 Å². The van der Waals surface area contributed by atoms with Gasteiger partial charge in [-0.25, -0.2) is 0 Å². The number of rotatable bonds is 5. The lowest BCUT2D eigenvalue weighted by molar-refractivity contribution is 0.189. The van der Waals surface area contributed by atoms with Crippen LogP contribution in [0.2, 0.25) is 0 Å². The minimum absolute atomic E-state index is 0.180. The minimum Gasteiger partial charge on any atom is -0.396 e. The predicted molar refractivity (Wildman–Crippen MR) is 54.7 cm³/mol. The average Bonchev–Trinajstić information content (AvgIpc) is 2.31. The molecule has 0 unspecified atom stereocenters. The molecule has 6 nitrogen and oxygen atoms in total. The summed E-state index contributed by atoms with van der Waals surface area (Å²) in [6.07, 6.45) is 1.53. The number of aliphatic hydroxyl groups excluding tert-OH is 2. The van der Waals surface area contributed by atoms with Gasteiger partial charge in [-0.1, -0.05) is 0 Å². The molecule has 0 aliphatic heterocycles. The highest BCUT2D eigenvalue weighted by molar-refractivity contribution is 5.18. The van der Waals surface area contributed by atoms with Crippen molar-refractivity contribution in [3.63, 3.8) is 0 Å². The first-order valence-electron chi connectivity index (χ1n) is 4.73. The number of nitrogens with two attached hydrogens (primary N) is 2.